The van der Waals surface area contributed by atoms with Crippen LogP contribution in [0.4, 0.5) is 0 Å². The van der Waals surface area contributed by atoms with Gasteiger partial charge >= 0.3 is 0 Å². The molecular weight excluding hydrogens is 236 g/mol. The predicted octanol–water partition coefficient (Wildman–Crippen LogP) is 0.444. The molecule has 0 aliphatic carbocycles. The van der Waals surface area contributed by atoms with Crippen molar-refractivity contribution in [3.8, 4) is 5.88 Å². The molecular formula is C11H14N4O3. The summed E-state index contributed by atoms with van der Waals surface area (Å²) < 4.78 is 9.94. The number of carbonyl (C=O) groups is 1. The average Bonchev–Trinajstić information content (AvgIpc) is 2.98. The molecule has 0 aromatic carbocycles. The molecule has 2 aromatic rings. The Balaban J connectivity index is 1.63. The van der Waals surface area contributed by atoms with Crippen LogP contribution in [0.25, 0.3) is 0 Å². The Morgan fingerprint density at radius 1 is 1.61 bits per heavy atom. The third-order valence-electron chi connectivity index (χ3n) is 2.20. The van der Waals surface area contributed by atoms with Crippen LogP contribution in [0, 0.1) is 6.92 Å². The first-order chi connectivity index (χ1) is 8.74. The van der Waals surface area contributed by atoms with Crippen LogP contribution in [0.2, 0.25) is 0 Å². The molecule has 0 spiro atoms. The minimum Gasteiger partial charge on any atom is -0.465 e. The van der Waals surface area contributed by atoms with Crippen molar-refractivity contribution in [3.63, 3.8) is 0 Å². The number of hydrogen-bond donors (Lipinski definition) is 2. The minimum absolute atomic E-state index is 0.0792. The molecule has 96 valence electrons. The van der Waals surface area contributed by atoms with Gasteiger partial charge in [0.1, 0.15) is 11.6 Å². The Morgan fingerprint density at radius 3 is 3.17 bits per heavy atom. The van der Waals surface area contributed by atoms with E-state index in [-0.39, 0.29) is 12.5 Å². The Hall–Kier alpha value is -2.31. The number of ether oxygens (including phenoxy) is 1. The fourth-order valence-electron chi connectivity index (χ4n) is 1.36. The van der Waals surface area contributed by atoms with Gasteiger partial charge in [-0.2, -0.15) is 0 Å². The molecule has 7 heteroatoms. The number of aromatic nitrogens is 3. The van der Waals surface area contributed by atoms with Crippen molar-refractivity contribution in [3.05, 3.63) is 30.0 Å². The van der Waals surface area contributed by atoms with Crippen molar-refractivity contribution in [2.24, 2.45) is 0 Å². The SMILES string of the molecule is Cc1cc(OCC(=O)NCCc2ncc[nH]2)no1. The number of imidazole rings is 1. The molecule has 7 nitrogen and oxygen atoms in total. The maximum atomic E-state index is 11.4. The summed E-state index contributed by atoms with van der Waals surface area (Å²) in [5.74, 6) is 1.59. The van der Waals surface area contributed by atoms with Crippen molar-refractivity contribution in [2.45, 2.75) is 13.3 Å². The maximum absolute atomic E-state index is 11.4. The number of aromatic amines is 1. The predicted molar refractivity (Wildman–Crippen MR) is 62.0 cm³/mol. The Labute approximate surface area is 104 Å². The molecule has 18 heavy (non-hydrogen) atoms. The first kappa shape index (κ1) is 12.2. The average molecular weight is 250 g/mol. The van der Waals surface area contributed by atoms with Gasteiger partial charge in [0, 0.05) is 31.4 Å². The summed E-state index contributed by atoms with van der Waals surface area (Å²) in [7, 11) is 0. The third kappa shape index (κ3) is 3.62. The molecule has 2 heterocycles. The summed E-state index contributed by atoms with van der Waals surface area (Å²) in [5, 5.41) is 6.33. The molecule has 0 aliphatic rings. The van der Waals surface area contributed by atoms with E-state index in [0.717, 1.165) is 5.82 Å². The zero-order valence-electron chi connectivity index (χ0n) is 9.97. The summed E-state index contributed by atoms with van der Waals surface area (Å²) in [6, 6.07) is 1.62. The van der Waals surface area contributed by atoms with Gasteiger partial charge in [0.15, 0.2) is 6.61 Å². The first-order valence-electron chi connectivity index (χ1n) is 5.55. The number of amides is 1. The molecule has 0 bridgehead atoms. The monoisotopic (exact) mass is 250 g/mol. The van der Waals surface area contributed by atoms with Gasteiger partial charge in [0.25, 0.3) is 11.8 Å². The standard InChI is InChI=1S/C11H14N4O3/c1-8-6-11(15-18-8)17-7-10(16)14-3-2-9-12-4-5-13-9/h4-6H,2-3,7H2,1H3,(H,12,13)(H,14,16). The van der Waals surface area contributed by atoms with Crippen LogP contribution in [-0.2, 0) is 11.2 Å². The highest BCUT2D eigenvalue weighted by molar-refractivity contribution is 5.77. The molecule has 0 saturated heterocycles. The van der Waals surface area contributed by atoms with Gasteiger partial charge in [-0.05, 0) is 12.1 Å². The molecule has 0 radical (unpaired) electrons. The molecule has 1 amide bonds. The minimum atomic E-state index is -0.206. The Bertz CT molecular complexity index is 492. The zero-order chi connectivity index (χ0) is 12.8. The molecule has 0 atom stereocenters. The fourth-order valence-corrected chi connectivity index (χ4v) is 1.36. The van der Waals surface area contributed by atoms with Gasteiger partial charge in [-0.3, -0.25) is 4.79 Å². The summed E-state index contributed by atoms with van der Waals surface area (Å²) in [5.41, 5.74) is 0. The second-order valence-corrected chi connectivity index (χ2v) is 3.70. The number of aryl methyl sites for hydroxylation is 1. The Morgan fingerprint density at radius 2 is 2.50 bits per heavy atom. The smallest absolute Gasteiger partial charge is 0.258 e. The van der Waals surface area contributed by atoms with Gasteiger partial charge in [0.2, 0.25) is 0 Å². The van der Waals surface area contributed by atoms with Crippen LogP contribution in [-0.4, -0.2) is 34.2 Å². The van der Waals surface area contributed by atoms with E-state index in [1.54, 1.807) is 25.4 Å². The van der Waals surface area contributed by atoms with E-state index in [9.17, 15) is 4.79 Å². The highest BCUT2D eigenvalue weighted by atomic mass is 16.5. The van der Waals surface area contributed by atoms with Crippen LogP contribution in [0.15, 0.2) is 23.0 Å². The zero-order valence-corrected chi connectivity index (χ0v) is 9.97. The van der Waals surface area contributed by atoms with Crippen molar-refractivity contribution in [1.29, 1.82) is 0 Å². The topological polar surface area (TPSA) is 93.0 Å². The second kappa shape index (κ2) is 5.85. The summed E-state index contributed by atoms with van der Waals surface area (Å²) in [4.78, 5) is 18.4. The summed E-state index contributed by atoms with van der Waals surface area (Å²) >= 11 is 0. The van der Waals surface area contributed by atoms with Gasteiger partial charge in [-0.25, -0.2) is 4.98 Å². The molecule has 0 fully saturated rings. The lowest BCUT2D eigenvalue weighted by Gasteiger charge is -2.04. The van der Waals surface area contributed by atoms with Gasteiger partial charge < -0.3 is 19.6 Å². The fraction of sp³-hybridized carbons (Fsp3) is 0.364. The van der Waals surface area contributed by atoms with Gasteiger partial charge in [-0.1, -0.05) is 0 Å². The van der Waals surface area contributed by atoms with E-state index in [2.05, 4.69) is 20.4 Å². The maximum Gasteiger partial charge on any atom is 0.258 e. The van der Waals surface area contributed by atoms with E-state index in [1.165, 1.54) is 0 Å². The van der Waals surface area contributed by atoms with E-state index in [1.807, 2.05) is 0 Å². The highest BCUT2D eigenvalue weighted by Gasteiger charge is 2.05. The van der Waals surface area contributed by atoms with Gasteiger partial charge in [-0.15, -0.1) is 0 Å². The summed E-state index contributed by atoms with van der Waals surface area (Å²) in [6.07, 6.45) is 4.07. The largest absolute Gasteiger partial charge is 0.465 e. The van der Waals surface area contributed by atoms with E-state index in [4.69, 9.17) is 9.26 Å². The number of hydrogen-bond acceptors (Lipinski definition) is 5. The van der Waals surface area contributed by atoms with E-state index < -0.39 is 0 Å². The number of carbonyl (C=O) groups excluding carboxylic acids is 1. The number of nitrogens with one attached hydrogen (secondary N) is 2. The van der Waals surface area contributed by atoms with Gasteiger partial charge in [0.05, 0.1) is 0 Å². The first-order valence-corrected chi connectivity index (χ1v) is 5.55. The van der Waals surface area contributed by atoms with Crippen LogP contribution < -0.4 is 10.1 Å². The van der Waals surface area contributed by atoms with Crippen molar-refractivity contribution in [1.82, 2.24) is 20.4 Å². The van der Waals surface area contributed by atoms with Crippen LogP contribution in [0.1, 0.15) is 11.6 Å². The molecule has 2 N–H and O–H groups in total. The van der Waals surface area contributed by atoms with Crippen molar-refractivity contribution in [2.75, 3.05) is 13.2 Å². The molecule has 0 saturated carbocycles. The lowest BCUT2D eigenvalue weighted by Crippen LogP contribution is -2.30. The number of nitrogens with zero attached hydrogens (tertiary/aromatic N) is 2. The van der Waals surface area contributed by atoms with Crippen molar-refractivity contribution >= 4 is 5.91 Å². The van der Waals surface area contributed by atoms with Crippen LogP contribution >= 0.6 is 0 Å². The molecule has 0 unspecified atom stereocenters. The lowest BCUT2D eigenvalue weighted by molar-refractivity contribution is -0.123. The highest BCUT2D eigenvalue weighted by Crippen LogP contribution is 2.09. The van der Waals surface area contributed by atoms with E-state index in [0.29, 0.717) is 24.6 Å². The quantitative estimate of drug-likeness (QED) is 0.776. The second-order valence-electron chi connectivity index (χ2n) is 3.70. The normalized spacial score (nSPS) is 10.3. The molecule has 2 aromatic heterocycles. The number of H-pyrrole nitrogens is 1. The van der Waals surface area contributed by atoms with Crippen molar-refractivity contribution < 1.29 is 14.1 Å². The number of rotatable bonds is 6. The molecule has 2 rings (SSSR count). The Kier molecular flexibility index (Phi) is 3.95. The molecule has 0 aliphatic heterocycles. The van der Waals surface area contributed by atoms with Crippen LogP contribution in [0.3, 0.4) is 0 Å². The van der Waals surface area contributed by atoms with E-state index >= 15 is 0 Å². The lowest BCUT2D eigenvalue weighted by atomic mass is 10.4. The summed E-state index contributed by atoms with van der Waals surface area (Å²) in [6.45, 7) is 2.18. The van der Waals surface area contributed by atoms with Crippen LogP contribution in [0.5, 0.6) is 5.88 Å². The third-order valence-corrected chi connectivity index (χ3v) is 2.20.